The summed E-state index contributed by atoms with van der Waals surface area (Å²) in [5, 5.41) is 3.15. The number of nitrogen functional groups attached to an aromatic ring is 1. The fourth-order valence-electron chi connectivity index (χ4n) is 1.81. The highest BCUT2D eigenvalue weighted by Gasteiger charge is 2.22. The molecule has 1 aromatic carbocycles. The van der Waals surface area contributed by atoms with Gasteiger partial charge < -0.3 is 22.5 Å². The highest BCUT2D eigenvalue weighted by atomic mass is 32.1. The number of carbonyl (C=O) groups is 2. The SMILES string of the molecule is NC(=O)c1sc(NCc2ccccc2F)c(C(N)=O)c1N. The summed E-state index contributed by atoms with van der Waals surface area (Å²) in [7, 11) is 0. The molecule has 21 heavy (non-hydrogen) atoms. The molecule has 0 bridgehead atoms. The number of carbonyl (C=O) groups excluding carboxylic acids is 2. The van der Waals surface area contributed by atoms with Crippen LogP contribution in [0.1, 0.15) is 25.6 Å². The Hall–Kier alpha value is -2.61. The van der Waals surface area contributed by atoms with Crippen LogP contribution in [-0.2, 0) is 6.54 Å². The second kappa shape index (κ2) is 5.80. The smallest absolute Gasteiger partial charge is 0.260 e. The van der Waals surface area contributed by atoms with Gasteiger partial charge in [-0.25, -0.2) is 4.39 Å². The van der Waals surface area contributed by atoms with Crippen LogP contribution in [-0.4, -0.2) is 11.8 Å². The number of nitrogens with two attached hydrogens (primary N) is 3. The van der Waals surface area contributed by atoms with Crippen molar-refractivity contribution >= 4 is 33.8 Å². The Kier molecular flexibility index (Phi) is 4.08. The van der Waals surface area contributed by atoms with E-state index >= 15 is 0 Å². The van der Waals surface area contributed by atoms with Crippen LogP contribution in [0.15, 0.2) is 24.3 Å². The molecule has 0 saturated carbocycles. The summed E-state index contributed by atoms with van der Waals surface area (Å²) < 4.78 is 13.5. The molecule has 0 radical (unpaired) electrons. The van der Waals surface area contributed by atoms with Gasteiger partial charge in [0.05, 0.1) is 11.3 Å². The first kappa shape index (κ1) is 14.8. The van der Waals surface area contributed by atoms with Crippen LogP contribution in [0.2, 0.25) is 0 Å². The van der Waals surface area contributed by atoms with Gasteiger partial charge in [0.2, 0.25) is 0 Å². The van der Waals surface area contributed by atoms with Gasteiger partial charge in [0, 0.05) is 12.1 Å². The average molecular weight is 308 g/mol. The molecular weight excluding hydrogens is 295 g/mol. The molecule has 0 spiro atoms. The fourth-order valence-corrected chi connectivity index (χ4v) is 2.79. The molecule has 0 aliphatic carbocycles. The van der Waals surface area contributed by atoms with Gasteiger partial charge in [-0.3, -0.25) is 9.59 Å². The fraction of sp³-hybridized carbons (Fsp3) is 0.0769. The topological polar surface area (TPSA) is 124 Å². The van der Waals surface area contributed by atoms with Gasteiger partial charge in [-0.15, -0.1) is 11.3 Å². The second-order valence-corrected chi connectivity index (χ2v) is 5.24. The summed E-state index contributed by atoms with van der Waals surface area (Å²) in [5.41, 5.74) is 16.5. The lowest BCUT2D eigenvalue weighted by molar-refractivity contribution is 0.0999. The molecule has 0 atom stereocenters. The molecule has 8 heteroatoms. The summed E-state index contributed by atoms with van der Waals surface area (Å²) in [5.74, 6) is -1.92. The van der Waals surface area contributed by atoms with Crippen molar-refractivity contribution in [1.29, 1.82) is 0 Å². The van der Waals surface area contributed by atoms with Crippen molar-refractivity contribution in [2.24, 2.45) is 11.5 Å². The number of hydrogen-bond acceptors (Lipinski definition) is 5. The van der Waals surface area contributed by atoms with Crippen molar-refractivity contribution < 1.29 is 14.0 Å². The number of nitrogens with one attached hydrogen (secondary N) is 1. The van der Waals surface area contributed by atoms with Crippen LogP contribution in [0.5, 0.6) is 0 Å². The summed E-state index contributed by atoms with van der Waals surface area (Å²) in [4.78, 5) is 22.7. The van der Waals surface area contributed by atoms with E-state index in [1.807, 2.05) is 0 Å². The largest absolute Gasteiger partial charge is 0.397 e. The standard InChI is InChI=1S/C13H13FN4O2S/c14-7-4-2-1-3-6(7)5-18-13-8(11(16)19)9(15)10(21-13)12(17)20/h1-4,18H,5,15H2,(H2,16,19)(H2,17,20). The minimum atomic E-state index is -0.785. The van der Waals surface area contributed by atoms with Crippen molar-refractivity contribution in [2.75, 3.05) is 11.1 Å². The summed E-state index contributed by atoms with van der Waals surface area (Å²) in [6.07, 6.45) is 0. The Bertz CT molecular complexity index is 714. The van der Waals surface area contributed by atoms with Gasteiger partial charge in [-0.1, -0.05) is 18.2 Å². The quantitative estimate of drug-likeness (QED) is 0.664. The maximum atomic E-state index is 13.5. The van der Waals surface area contributed by atoms with Crippen LogP contribution >= 0.6 is 11.3 Å². The van der Waals surface area contributed by atoms with Crippen molar-refractivity contribution in [1.82, 2.24) is 0 Å². The minimum Gasteiger partial charge on any atom is -0.397 e. The average Bonchev–Trinajstić information content (AvgIpc) is 2.75. The van der Waals surface area contributed by atoms with E-state index in [1.54, 1.807) is 18.2 Å². The zero-order chi connectivity index (χ0) is 15.6. The van der Waals surface area contributed by atoms with Crippen molar-refractivity contribution in [3.8, 4) is 0 Å². The van der Waals surface area contributed by atoms with E-state index in [0.29, 0.717) is 5.56 Å². The third-order valence-corrected chi connectivity index (χ3v) is 3.99. The predicted molar refractivity (Wildman–Crippen MR) is 79.5 cm³/mol. The number of halogens is 1. The Morgan fingerprint density at radius 3 is 2.43 bits per heavy atom. The van der Waals surface area contributed by atoms with Gasteiger partial charge in [0.1, 0.15) is 15.7 Å². The summed E-state index contributed by atoms with van der Waals surface area (Å²) in [6, 6.07) is 6.18. The van der Waals surface area contributed by atoms with E-state index in [-0.39, 0.29) is 33.5 Å². The first-order chi connectivity index (χ1) is 9.91. The summed E-state index contributed by atoms with van der Waals surface area (Å²) >= 11 is 0.914. The van der Waals surface area contributed by atoms with Gasteiger partial charge in [0.15, 0.2) is 0 Å². The van der Waals surface area contributed by atoms with E-state index < -0.39 is 11.8 Å². The molecule has 2 amide bonds. The molecule has 2 rings (SSSR count). The first-order valence-electron chi connectivity index (χ1n) is 5.91. The minimum absolute atomic E-state index is 0.00913. The molecule has 2 aromatic rings. The molecule has 0 aliphatic heterocycles. The Labute approximate surface area is 123 Å². The third-order valence-electron chi connectivity index (χ3n) is 2.81. The first-order valence-corrected chi connectivity index (χ1v) is 6.72. The predicted octanol–water partition coefficient (Wildman–Crippen LogP) is 1.28. The molecule has 0 fully saturated rings. The zero-order valence-electron chi connectivity index (χ0n) is 10.9. The maximum absolute atomic E-state index is 13.5. The van der Waals surface area contributed by atoms with Gasteiger partial charge in [-0.05, 0) is 6.07 Å². The molecule has 7 N–H and O–H groups in total. The van der Waals surface area contributed by atoms with E-state index in [2.05, 4.69) is 5.32 Å². The number of anilines is 2. The van der Waals surface area contributed by atoms with Crippen LogP contribution in [0.25, 0.3) is 0 Å². The van der Waals surface area contributed by atoms with Gasteiger partial charge >= 0.3 is 0 Å². The van der Waals surface area contributed by atoms with E-state index in [0.717, 1.165) is 11.3 Å². The van der Waals surface area contributed by atoms with Crippen LogP contribution in [0.4, 0.5) is 15.1 Å². The van der Waals surface area contributed by atoms with Crippen molar-refractivity contribution in [3.05, 3.63) is 46.1 Å². The summed E-state index contributed by atoms with van der Waals surface area (Å²) in [6.45, 7) is 0.116. The number of benzene rings is 1. The number of primary amides is 2. The lowest BCUT2D eigenvalue weighted by atomic mass is 10.2. The number of thiophene rings is 1. The number of hydrogen-bond donors (Lipinski definition) is 4. The number of amides is 2. The monoisotopic (exact) mass is 308 g/mol. The normalized spacial score (nSPS) is 10.3. The van der Waals surface area contributed by atoms with Gasteiger partial charge in [-0.2, -0.15) is 0 Å². The second-order valence-electron chi connectivity index (χ2n) is 4.22. The van der Waals surface area contributed by atoms with Crippen LogP contribution in [0, 0.1) is 5.82 Å². The Morgan fingerprint density at radius 1 is 1.19 bits per heavy atom. The van der Waals surface area contributed by atoms with Crippen molar-refractivity contribution in [2.45, 2.75) is 6.54 Å². The zero-order valence-corrected chi connectivity index (χ0v) is 11.7. The molecular formula is C13H13FN4O2S. The molecule has 1 heterocycles. The van der Waals surface area contributed by atoms with Gasteiger partial charge in [0.25, 0.3) is 11.8 Å². The maximum Gasteiger partial charge on any atom is 0.260 e. The highest BCUT2D eigenvalue weighted by molar-refractivity contribution is 7.19. The lowest BCUT2D eigenvalue weighted by Gasteiger charge is -2.06. The molecule has 0 saturated heterocycles. The van der Waals surface area contributed by atoms with Crippen LogP contribution in [0.3, 0.4) is 0 Å². The number of rotatable bonds is 5. The van der Waals surface area contributed by atoms with Crippen molar-refractivity contribution in [3.63, 3.8) is 0 Å². The third kappa shape index (κ3) is 2.95. The van der Waals surface area contributed by atoms with E-state index in [4.69, 9.17) is 17.2 Å². The Balaban J connectivity index is 2.32. The highest BCUT2D eigenvalue weighted by Crippen LogP contribution is 2.35. The molecule has 6 nitrogen and oxygen atoms in total. The molecule has 0 unspecified atom stereocenters. The molecule has 110 valence electrons. The lowest BCUT2D eigenvalue weighted by Crippen LogP contribution is -2.16. The Morgan fingerprint density at radius 2 is 1.86 bits per heavy atom. The molecule has 0 aliphatic rings. The van der Waals surface area contributed by atoms with E-state index in [1.165, 1.54) is 6.07 Å². The van der Waals surface area contributed by atoms with E-state index in [9.17, 15) is 14.0 Å². The van der Waals surface area contributed by atoms with Crippen LogP contribution < -0.4 is 22.5 Å². The molecule has 1 aromatic heterocycles.